The lowest BCUT2D eigenvalue weighted by Crippen LogP contribution is -2.00. The van der Waals surface area contributed by atoms with Crippen LogP contribution >= 0.6 is 0 Å². The van der Waals surface area contributed by atoms with E-state index in [1.54, 1.807) is 0 Å². The number of para-hydroxylation sites is 1. The maximum absolute atomic E-state index is 9.83. The molecule has 0 aliphatic heterocycles. The van der Waals surface area contributed by atoms with E-state index in [0.717, 1.165) is 60.7 Å². The van der Waals surface area contributed by atoms with E-state index in [1.165, 1.54) is 26.9 Å². The smallest absolute Gasteiger partial charge is 0.164 e. The second-order valence-corrected chi connectivity index (χ2v) is 13.9. The van der Waals surface area contributed by atoms with Gasteiger partial charge >= 0.3 is 0 Å². The Morgan fingerprint density at radius 2 is 0.909 bits per heavy atom. The summed E-state index contributed by atoms with van der Waals surface area (Å²) in [7, 11) is 0. The number of hydrogen-bond donors (Lipinski definition) is 0. The molecule has 0 unspecified atom stereocenters. The van der Waals surface area contributed by atoms with E-state index in [-0.39, 0.29) is 0 Å². The summed E-state index contributed by atoms with van der Waals surface area (Å²) in [6, 6.07) is 63.4. The van der Waals surface area contributed by atoms with Gasteiger partial charge in [0.25, 0.3) is 0 Å². The van der Waals surface area contributed by atoms with Crippen LogP contribution in [-0.4, -0.2) is 19.5 Å². The summed E-state index contributed by atoms with van der Waals surface area (Å²) in [6.07, 6.45) is 0. The molecule has 2 heterocycles. The van der Waals surface area contributed by atoms with Crippen molar-refractivity contribution in [3.8, 4) is 57.0 Å². The van der Waals surface area contributed by atoms with Gasteiger partial charge in [-0.1, -0.05) is 127 Å². The van der Waals surface area contributed by atoms with E-state index in [0.29, 0.717) is 23.0 Å². The fraction of sp³-hybridized carbons (Fsp3) is 0. The van der Waals surface area contributed by atoms with Crippen LogP contribution in [0.3, 0.4) is 0 Å². The maximum Gasteiger partial charge on any atom is 0.164 e. The lowest BCUT2D eigenvalue weighted by molar-refractivity contribution is 1.08. The van der Waals surface area contributed by atoms with E-state index in [4.69, 9.17) is 15.0 Å². The molecule has 254 valence electrons. The zero-order chi connectivity index (χ0) is 36.5. The van der Waals surface area contributed by atoms with Gasteiger partial charge < -0.3 is 4.57 Å². The minimum absolute atomic E-state index is 0.642. The molecule has 0 saturated carbocycles. The van der Waals surface area contributed by atoms with Crippen LogP contribution in [0, 0.1) is 11.3 Å². The fourth-order valence-electron chi connectivity index (χ4n) is 8.29. The van der Waals surface area contributed by atoms with E-state index in [2.05, 4.69) is 108 Å². The zero-order valence-corrected chi connectivity index (χ0v) is 29.5. The van der Waals surface area contributed by atoms with Crippen molar-refractivity contribution in [3.63, 3.8) is 0 Å². The first kappa shape index (κ1) is 30.9. The molecular formula is C50H29N5. The molecule has 11 rings (SSSR count). The van der Waals surface area contributed by atoms with Crippen LogP contribution in [0.1, 0.15) is 5.56 Å². The number of aromatic nitrogens is 4. The third kappa shape index (κ3) is 4.90. The van der Waals surface area contributed by atoms with Crippen molar-refractivity contribution in [2.24, 2.45) is 0 Å². The molecule has 0 aliphatic carbocycles. The molecule has 0 atom stereocenters. The van der Waals surface area contributed by atoms with Gasteiger partial charge in [-0.3, -0.25) is 0 Å². The van der Waals surface area contributed by atoms with Crippen LogP contribution in [0.5, 0.6) is 0 Å². The van der Waals surface area contributed by atoms with Crippen molar-refractivity contribution in [2.45, 2.75) is 0 Å². The Kier molecular flexibility index (Phi) is 6.85. The lowest BCUT2D eigenvalue weighted by atomic mass is 9.88. The van der Waals surface area contributed by atoms with Crippen molar-refractivity contribution in [2.75, 3.05) is 0 Å². The second-order valence-electron chi connectivity index (χ2n) is 13.9. The van der Waals surface area contributed by atoms with Gasteiger partial charge in [-0.2, -0.15) is 5.26 Å². The molecule has 0 aliphatic rings. The SMILES string of the molecule is N#Cc1ccc2c(c1)c1cc(-c3ccc4ccc5c(-c6nc(-c7ccccc7)nc(-c7ccccc7)n6)ccc6ccc3c4c65)ccc1n2-c1ccccc1. The van der Waals surface area contributed by atoms with Crippen molar-refractivity contribution in [3.05, 3.63) is 181 Å². The van der Waals surface area contributed by atoms with Crippen molar-refractivity contribution in [1.82, 2.24) is 19.5 Å². The second kappa shape index (κ2) is 12.2. The quantitative estimate of drug-likeness (QED) is 0.168. The van der Waals surface area contributed by atoms with E-state index in [9.17, 15) is 5.26 Å². The van der Waals surface area contributed by atoms with E-state index < -0.39 is 0 Å². The van der Waals surface area contributed by atoms with Crippen LogP contribution < -0.4 is 0 Å². The third-order valence-electron chi connectivity index (χ3n) is 10.8. The Balaban J connectivity index is 1.13. The predicted octanol–water partition coefficient (Wildman–Crippen LogP) is 12.4. The highest BCUT2D eigenvalue weighted by atomic mass is 15.0. The fourth-order valence-corrected chi connectivity index (χ4v) is 8.29. The molecule has 0 radical (unpaired) electrons. The highest BCUT2D eigenvalue weighted by Crippen LogP contribution is 2.43. The molecule has 0 bridgehead atoms. The number of nitrogens with zero attached hydrogens (tertiary/aromatic N) is 5. The van der Waals surface area contributed by atoms with Gasteiger partial charge in [0, 0.05) is 33.2 Å². The standard InChI is InChI=1S/C50H29N5/c51-30-31-16-26-44-42(28-31)43-29-36(21-27-45(43)55(44)37-14-8-3-9-15-37)38-22-17-32-19-24-40-41(25-20-33-18-23-39(38)46(32)47(33)40)50-53-48(34-10-4-1-5-11-34)52-49(54-50)35-12-6-2-7-13-35/h1-29H. The molecule has 55 heavy (non-hydrogen) atoms. The van der Waals surface area contributed by atoms with E-state index >= 15 is 0 Å². The molecule has 9 aromatic carbocycles. The summed E-state index contributed by atoms with van der Waals surface area (Å²) in [6.45, 7) is 0. The van der Waals surface area contributed by atoms with Crippen LogP contribution in [0.15, 0.2) is 176 Å². The zero-order valence-electron chi connectivity index (χ0n) is 29.5. The first-order chi connectivity index (χ1) is 27.2. The molecule has 0 N–H and O–H groups in total. The van der Waals surface area contributed by atoms with Gasteiger partial charge in [0.2, 0.25) is 0 Å². The molecule has 0 amide bonds. The molecule has 0 fully saturated rings. The summed E-state index contributed by atoms with van der Waals surface area (Å²) in [5.41, 5.74) is 9.04. The molecule has 5 nitrogen and oxygen atoms in total. The van der Waals surface area contributed by atoms with Gasteiger partial charge in [0.15, 0.2) is 17.5 Å². The highest BCUT2D eigenvalue weighted by Gasteiger charge is 2.20. The average Bonchev–Trinajstić information content (AvgIpc) is 3.59. The summed E-state index contributed by atoms with van der Waals surface area (Å²) < 4.78 is 2.29. The Bertz CT molecular complexity index is 3250. The van der Waals surface area contributed by atoms with Crippen LogP contribution in [-0.2, 0) is 0 Å². The topological polar surface area (TPSA) is 67.4 Å². The molecular weight excluding hydrogens is 671 g/mol. The Morgan fingerprint density at radius 3 is 1.53 bits per heavy atom. The van der Waals surface area contributed by atoms with Gasteiger partial charge in [0.05, 0.1) is 22.7 Å². The number of benzene rings is 9. The summed E-state index contributed by atoms with van der Waals surface area (Å²) in [5.74, 6) is 1.93. The highest BCUT2D eigenvalue weighted by molar-refractivity contribution is 6.27. The number of rotatable bonds is 5. The van der Waals surface area contributed by atoms with Crippen LogP contribution in [0.2, 0.25) is 0 Å². The van der Waals surface area contributed by atoms with Crippen LogP contribution in [0.4, 0.5) is 0 Å². The minimum atomic E-state index is 0.642. The summed E-state index contributed by atoms with van der Waals surface area (Å²) >= 11 is 0. The van der Waals surface area contributed by atoms with Gasteiger partial charge in [-0.15, -0.1) is 0 Å². The lowest BCUT2D eigenvalue weighted by Gasteiger charge is -2.16. The maximum atomic E-state index is 9.83. The molecule has 11 aromatic rings. The monoisotopic (exact) mass is 699 g/mol. The number of nitriles is 1. The summed E-state index contributed by atoms with van der Waals surface area (Å²) in [4.78, 5) is 15.1. The van der Waals surface area contributed by atoms with Gasteiger partial charge in [0.1, 0.15) is 0 Å². The minimum Gasteiger partial charge on any atom is -0.309 e. The first-order valence-electron chi connectivity index (χ1n) is 18.3. The van der Waals surface area contributed by atoms with Crippen molar-refractivity contribution in [1.29, 1.82) is 5.26 Å². The Morgan fingerprint density at radius 1 is 0.400 bits per heavy atom. The normalized spacial score (nSPS) is 11.6. The number of hydrogen-bond acceptors (Lipinski definition) is 4. The predicted molar refractivity (Wildman–Crippen MR) is 224 cm³/mol. The molecule has 2 aromatic heterocycles. The van der Waals surface area contributed by atoms with Gasteiger partial charge in [-0.25, -0.2) is 15.0 Å². The summed E-state index contributed by atoms with van der Waals surface area (Å²) in [5, 5.41) is 19.0. The largest absolute Gasteiger partial charge is 0.309 e. The van der Waals surface area contributed by atoms with Crippen molar-refractivity contribution < 1.29 is 0 Å². The van der Waals surface area contributed by atoms with E-state index in [1.807, 2.05) is 78.9 Å². The average molecular weight is 700 g/mol. The molecule has 0 saturated heterocycles. The molecule has 0 spiro atoms. The van der Waals surface area contributed by atoms with Crippen molar-refractivity contribution >= 4 is 54.1 Å². The van der Waals surface area contributed by atoms with Gasteiger partial charge in [-0.05, 0) is 92.0 Å². The first-order valence-corrected chi connectivity index (χ1v) is 18.3. The Labute approximate surface area is 316 Å². The molecule has 5 heteroatoms. The third-order valence-corrected chi connectivity index (χ3v) is 10.8. The Hall–Kier alpha value is -7.68. The number of fused-ring (bicyclic) bond motifs is 3. The van der Waals surface area contributed by atoms with Crippen LogP contribution in [0.25, 0.3) is 105 Å².